The Morgan fingerprint density at radius 2 is 1.88 bits per heavy atom. The smallest absolute Gasteiger partial charge is 0.337 e. The third-order valence-corrected chi connectivity index (χ3v) is 5.56. The highest BCUT2D eigenvalue weighted by Gasteiger charge is 2.31. The van der Waals surface area contributed by atoms with Crippen LogP contribution in [0.15, 0.2) is 59.4 Å². The first-order valence-corrected chi connectivity index (χ1v) is 10.2. The monoisotopic (exact) mass is 442 g/mol. The number of hydrogen-bond donors (Lipinski definition) is 0. The molecule has 0 N–H and O–H groups in total. The van der Waals surface area contributed by atoms with E-state index in [-0.39, 0.29) is 23.1 Å². The Hall–Kier alpha value is -3.49. The first kappa shape index (κ1) is 21.7. The second kappa shape index (κ2) is 8.57. The van der Waals surface area contributed by atoms with Crippen LogP contribution in [0.2, 0.25) is 0 Å². The van der Waals surface area contributed by atoms with Crippen molar-refractivity contribution in [3.63, 3.8) is 0 Å². The van der Waals surface area contributed by atoms with Gasteiger partial charge in [-0.3, -0.25) is 14.6 Å². The van der Waals surface area contributed by atoms with Crippen molar-refractivity contribution in [3.8, 4) is 11.3 Å². The number of alkyl halides is 3. The molecule has 32 heavy (non-hydrogen) atoms. The van der Waals surface area contributed by atoms with Crippen LogP contribution in [0.25, 0.3) is 11.3 Å². The maximum Gasteiger partial charge on any atom is 0.416 e. The zero-order valence-electron chi connectivity index (χ0n) is 17.3. The zero-order chi connectivity index (χ0) is 22.9. The molecule has 1 aliphatic heterocycles. The molecule has 0 radical (unpaired) electrons. The largest absolute Gasteiger partial charge is 0.416 e. The van der Waals surface area contributed by atoms with Gasteiger partial charge in [-0.2, -0.15) is 18.3 Å². The van der Waals surface area contributed by atoms with Crippen molar-refractivity contribution in [1.82, 2.24) is 19.7 Å². The molecule has 3 aromatic rings. The lowest BCUT2D eigenvalue weighted by Crippen LogP contribution is -2.40. The number of pyridine rings is 1. The molecule has 0 aliphatic carbocycles. The molecular weight excluding hydrogens is 421 g/mol. The van der Waals surface area contributed by atoms with Crippen LogP contribution in [0.5, 0.6) is 0 Å². The molecule has 1 atom stereocenters. The van der Waals surface area contributed by atoms with Crippen molar-refractivity contribution < 1.29 is 18.0 Å². The number of hydrogen-bond acceptors (Lipinski definition) is 4. The number of halogens is 3. The van der Waals surface area contributed by atoms with E-state index in [4.69, 9.17) is 0 Å². The molecule has 0 spiro atoms. The third kappa shape index (κ3) is 4.56. The summed E-state index contributed by atoms with van der Waals surface area (Å²) in [5.74, 6) is -0.315. The van der Waals surface area contributed by atoms with Gasteiger partial charge in [0.15, 0.2) is 0 Å². The molecule has 4 rings (SSSR count). The van der Waals surface area contributed by atoms with E-state index in [1.165, 1.54) is 25.2 Å². The summed E-state index contributed by atoms with van der Waals surface area (Å²) < 4.78 is 40.4. The van der Waals surface area contributed by atoms with Crippen LogP contribution in [-0.4, -0.2) is 38.7 Å². The van der Waals surface area contributed by atoms with Gasteiger partial charge in [-0.15, -0.1) is 0 Å². The Kier molecular flexibility index (Phi) is 5.82. The summed E-state index contributed by atoms with van der Waals surface area (Å²) in [6.07, 6.45) is -2.85. The number of likely N-dealkylation sites (tertiary alicyclic amines) is 1. The quantitative estimate of drug-likeness (QED) is 0.618. The van der Waals surface area contributed by atoms with Gasteiger partial charge in [0, 0.05) is 43.4 Å². The van der Waals surface area contributed by atoms with Gasteiger partial charge in [0.2, 0.25) is 0 Å². The van der Waals surface area contributed by atoms with Gasteiger partial charge in [0.25, 0.3) is 11.5 Å². The lowest BCUT2D eigenvalue weighted by Gasteiger charge is -2.32. The van der Waals surface area contributed by atoms with E-state index >= 15 is 0 Å². The minimum atomic E-state index is -4.42. The van der Waals surface area contributed by atoms with Crippen LogP contribution in [0.3, 0.4) is 0 Å². The van der Waals surface area contributed by atoms with Crippen molar-refractivity contribution in [1.29, 1.82) is 0 Å². The minimum Gasteiger partial charge on any atom is -0.337 e. The third-order valence-electron chi connectivity index (χ3n) is 5.56. The van der Waals surface area contributed by atoms with Crippen LogP contribution in [-0.2, 0) is 13.2 Å². The number of nitrogens with zero attached hydrogens (tertiary/aromatic N) is 4. The second-order valence-electron chi connectivity index (χ2n) is 7.80. The Labute approximate surface area is 182 Å². The van der Waals surface area contributed by atoms with E-state index in [2.05, 4.69) is 10.1 Å². The summed E-state index contributed by atoms with van der Waals surface area (Å²) in [6.45, 7) is 0.982. The van der Waals surface area contributed by atoms with E-state index in [9.17, 15) is 22.8 Å². The van der Waals surface area contributed by atoms with Gasteiger partial charge in [-0.25, -0.2) is 4.68 Å². The van der Waals surface area contributed by atoms with E-state index in [0.717, 1.165) is 35.4 Å². The number of aryl methyl sites for hydroxylation is 1. The van der Waals surface area contributed by atoms with Crippen LogP contribution >= 0.6 is 0 Å². The molecule has 1 aliphatic rings. The highest BCUT2D eigenvalue weighted by molar-refractivity contribution is 5.92. The van der Waals surface area contributed by atoms with Gasteiger partial charge in [-0.05, 0) is 43.2 Å². The first-order chi connectivity index (χ1) is 15.2. The number of piperidine rings is 1. The number of rotatable bonds is 3. The Morgan fingerprint density at radius 1 is 1.09 bits per heavy atom. The molecule has 1 amide bonds. The molecule has 1 fully saturated rings. The maximum absolute atomic E-state index is 13.1. The van der Waals surface area contributed by atoms with Gasteiger partial charge in [0.1, 0.15) is 5.69 Å². The van der Waals surface area contributed by atoms with Crippen LogP contribution in [0, 0.1) is 0 Å². The highest BCUT2D eigenvalue weighted by atomic mass is 19.4. The minimum absolute atomic E-state index is 0.0500. The van der Waals surface area contributed by atoms with Crippen molar-refractivity contribution in [2.75, 3.05) is 13.1 Å². The molecule has 9 heteroatoms. The molecule has 6 nitrogen and oxygen atoms in total. The van der Waals surface area contributed by atoms with Crippen LogP contribution in [0.1, 0.15) is 40.5 Å². The van der Waals surface area contributed by atoms with Crippen LogP contribution in [0.4, 0.5) is 13.2 Å². The molecular formula is C23H21F3N4O2. The van der Waals surface area contributed by atoms with Crippen molar-refractivity contribution in [3.05, 3.63) is 81.9 Å². The van der Waals surface area contributed by atoms with Gasteiger partial charge in [-0.1, -0.05) is 18.2 Å². The lowest BCUT2D eigenvalue weighted by molar-refractivity contribution is -0.137. The summed E-state index contributed by atoms with van der Waals surface area (Å²) in [4.78, 5) is 30.7. The predicted octanol–water partition coefficient (Wildman–Crippen LogP) is 3.88. The Morgan fingerprint density at radius 3 is 2.62 bits per heavy atom. The fraction of sp³-hybridized carbons (Fsp3) is 0.304. The summed E-state index contributed by atoms with van der Waals surface area (Å²) in [6, 6.07) is 13.1. The molecule has 0 bridgehead atoms. The molecule has 166 valence electrons. The first-order valence-electron chi connectivity index (χ1n) is 10.2. The standard InChI is InChI=1S/C23H21F3N4O2/c1-29-21(31)11-10-20(28-29)22(32)30-12-4-6-16(14-30)19-9-3-8-18(27-19)15-5-2-7-17(13-15)23(24,25)26/h2-3,5,7-11,13,16H,4,6,12,14H2,1H3/t16-/m1/s1. The van der Waals surface area contributed by atoms with Crippen LogP contribution < -0.4 is 5.56 Å². The molecule has 1 saturated heterocycles. The SMILES string of the molecule is Cn1nc(C(=O)N2CCC[C@@H](c3cccc(-c4cccc(C(F)(F)F)c4)n3)C2)ccc1=O. The Bertz CT molecular complexity index is 1210. The van der Waals surface area contributed by atoms with Gasteiger partial charge >= 0.3 is 6.18 Å². The van der Waals surface area contributed by atoms with E-state index in [1.54, 1.807) is 23.1 Å². The maximum atomic E-state index is 13.1. The molecule has 3 heterocycles. The Balaban J connectivity index is 1.56. The van der Waals surface area contributed by atoms with E-state index in [1.807, 2.05) is 6.07 Å². The lowest BCUT2D eigenvalue weighted by atomic mass is 9.93. The van der Waals surface area contributed by atoms with Gasteiger partial charge in [0.05, 0.1) is 11.3 Å². The van der Waals surface area contributed by atoms with E-state index in [0.29, 0.717) is 24.3 Å². The predicted molar refractivity (Wildman–Crippen MR) is 112 cm³/mol. The summed E-state index contributed by atoms with van der Waals surface area (Å²) in [7, 11) is 1.49. The van der Waals surface area contributed by atoms with Crippen molar-refractivity contribution >= 4 is 5.91 Å². The molecule has 2 aromatic heterocycles. The van der Waals surface area contributed by atoms with Crippen molar-refractivity contribution in [2.24, 2.45) is 7.05 Å². The van der Waals surface area contributed by atoms with Gasteiger partial charge < -0.3 is 4.90 Å². The summed E-state index contributed by atoms with van der Waals surface area (Å²) in [5.41, 5.74) is 0.746. The number of carbonyl (C=O) groups is 1. The topological polar surface area (TPSA) is 68.1 Å². The van der Waals surface area contributed by atoms with Crippen molar-refractivity contribution in [2.45, 2.75) is 24.9 Å². The fourth-order valence-corrected chi connectivity index (χ4v) is 3.88. The average Bonchev–Trinajstić information content (AvgIpc) is 2.80. The summed E-state index contributed by atoms with van der Waals surface area (Å²) in [5, 5.41) is 4.03. The molecule has 0 unspecified atom stereocenters. The second-order valence-corrected chi connectivity index (χ2v) is 7.80. The highest BCUT2D eigenvalue weighted by Crippen LogP contribution is 2.33. The average molecular weight is 442 g/mol. The summed E-state index contributed by atoms with van der Waals surface area (Å²) >= 11 is 0. The fourth-order valence-electron chi connectivity index (χ4n) is 3.88. The molecule has 1 aromatic carbocycles. The number of benzene rings is 1. The number of aromatic nitrogens is 3. The normalized spacial score (nSPS) is 16.8. The number of amides is 1. The van der Waals surface area contributed by atoms with E-state index < -0.39 is 11.7 Å². The number of carbonyl (C=O) groups excluding carboxylic acids is 1. The zero-order valence-corrected chi connectivity index (χ0v) is 17.3. The molecule has 0 saturated carbocycles.